The topological polar surface area (TPSA) is 101 Å². The van der Waals surface area contributed by atoms with Crippen LogP contribution in [0.5, 0.6) is 11.5 Å². The van der Waals surface area contributed by atoms with Gasteiger partial charge >= 0.3 is 17.6 Å². The lowest BCUT2D eigenvalue weighted by atomic mass is 10.1. The fourth-order valence-corrected chi connectivity index (χ4v) is 2.93. The first kappa shape index (κ1) is 20.2. The van der Waals surface area contributed by atoms with E-state index in [0.29, 0.717) is 16.2 Å². The molecule has 2 atom stereocenters. The van der Waals surface area contributed by atoms with Crippen molar-refractivity contribution in [1.82, 2.24) is 0 Å². The highest BCUT2D eigenvalue weighted by Gasteiger charge is 2.22. The molecule has 8 nitrogen and oxygen atoms in total. The van der Waals surface area contributed by atoms with Gasteiger partial charge in [-0.15, -0.1) is 0 Å². The van der Waals surface area contributed by atoms with E-state index in [4.69, 9.17) is 18.6 Å². The van der Waals surface area contributed by atoms with Crippen molar-refractivity contribution in [3.8, 4) is 11.5 Å². The zero-order valence-corrected chi connectivity index (χ0v) is 16.4. The molecule has 8 heteroatoms. The number of methoxy groups -OCH3 is 2. The van der Waals surface area contributed by atoms with Crippen molar-refractivity contribution in [2.45, 2.75) is 26.1 Å². The number of hydrogen-bond acceptors (Lipinski definition) is 8. The molecular weight excluding hydrogens is 380 g/mol. The normalized spacial score (nSPS) is 13.0. The maximum Gasteiger partial charge on any atom is 0.346 e. The summed E-state index contributed by atoms with van der Waals surface area (Å²) in [6.07, 6.45) is -1.84. The molecule has 0 fully saturated rings. The molecule has 0 saturated carbocycles. The Kier molecular flexibility index (Phi) is 5.72. The predicted molar refractivity (Wildman–Crippen MR) is 104 cm³/mol. The summed E-state index contributed by atoms with van der Waals surface area (Å²) < 4.78 is 26.2. The van der Waals surface area contributed by atoms with Crippen LogP contribution < -0.4 is 15.1 Å². The van der Waals surface area contributed by atoms with E-state index in [1.165, 1.54) is 40.2 Å². The fraction of sp³-hybridized carbons (Fsp3) is 0.286. The number of benzene rings is 2. The van der Waals surface area contributed by atoms with Crippen LogP contribution in [0.3, 0.4) is 0 Å². The Morgan fingerprint density at radius 1 is 0.897 bits per heavy atom. The number of carbonyl (C=O) groups is 2. The number of hydrogen-bond donors (Lipinski definition) is 0. The molecular formula is C21H20O8. The Balaban J connectivity index is 2.21. The van der Waals surface area contributed by atoms with Crippen LogP contribution in [0.15, 0.2) is 45.6 Å². The van der Waals surface area contributed by atoms with Crippen molar-refractivity contribution in [1.29, 1.82) is 0 Å². The summed E-state index contributed by atoms with van der Waals surface area (Å²) in [5, 5.41) is 1.46. The predicted octanol–water partition coefficient (Wildman–Crippen LogP) is 2.83. The molecule has 0 amide bonds. The van der Waals surface area contributed by atoms with Gasteiger partial charge in [0.1, 0.15) is 17.1 Å². The molecule has 29 heavy (non-hydrogen) atoms. The summed E-state index contributed by atoms with van der Waals surface area (Å²) in [6, 6.07) is 9.89. The molecule has 0 spiro atoms. The standard InChI is InChI=1S/C21H20O8/c1-11(19(22)25-3)27-13-9-16(28-12(2)20(23)26-4)18-14-7-5-6-8-15(14)21(24)29-17(18)10-13/h5-12H,1-4H3. The lowest BCUT2D eigenvalue weighted by Gasteiger charge is -2.18. The molecule has 2 aromatic carbocycles. The minimum Gasteiger partial charge on any atom is -0.479 e. The van der Waals surface area contributed by atoms with E-state index in [2.05, 4.69) is 4.74 Å². The first-order valence-electron chi connectivity index (χ1n) is 8.84. The highest BCUT2D eigenvalue weighted by Crippen LogP contribution is 2.36. The zero-order valence-electron chi connectivity index (χ0n) is 16.4. The van der Waals surface area contributed by atoms with Crippen LogP contribution in [0.4, 0.5) is 0 Å². The number of esters is 2. The first-order chi connectivity index (χ1) is 13.8. The van der Waals surface area contributed by atoms with Gasteiger partial charge in [0.25, 0.3) is 0 Å². The minimum atomic E-state index is -0.929. The second kappa shape index (κ2) is 8.22. The summed E-state index contributed by atoms with van der Waals surface area (Å²) in [6.45, 7) is 3.05. The minimum absolute atomic E-state index is 0.190. The van der Waals surface area contributed by atoms with Crippen LogP contribution in [0.2, 0.25) is 0 Å². The molecule has 2 unspecified atom stereocenters. The third-order valence-corrected chi connectivity index (χ3v) is 4.34. The highest BCUT2D eigenvalue weighted by atomic mass is 16.6. The number of ether oxygens (including phenoxy) is 4. The van der Waals surface area contributed by atoms with Gasteiger partial charge in [-0.25, -0.2) is 14.4 Å². The largest absolute Gasteiger partial charge is 0.479 e. The third kappa shape index (κ3) is 4.01. The molecule has 0 aliphatic carbocycles. The van der Waals surface area contributed by atoms with E-state index in [9.17, 15) is 14.4 Å². The van der Waals surface area contributed by atoms with Gasteiger partial charge in [-0.3, -0.25) is 0 Å². The van der Waals surface area contributed by atoms with Crippen molar-refractivity contribution in [3.63, 3.8) is 0 Å². The smallest absolute Gasteiger partial charge is 0.346 e. The first-order valence-corrected chi connectivity index (χ1v) is 8.84. The van der Waals surface area contributed by atoms with E-state index in [-0.39, 0.29) is 17.1 Å². The van der Waals surface area contributed by atoms with Crippen molar-refractivity contribution in [2.24, 2.45) is 0 Å². The number of rotatable bonds is 6. The maximum atomic E-state index is 12.4. The number of fused-ring (bicyclic) bond motifs is 3. The Hall–Kier alpha value is -3.55. The summed E-state index contributed by atoms with van der Waals surface area (Å²) in [4.78, 5) is 35.9. The molecule has 1 heterocycles. The van der Waals surface area contributed by atoms with Crippen LogP contribution in [0.25, 0.3) is 21.7 Å². The third-order valence-electron chi connectivity index (χ3n) is 4.34. The average Bonchev–Trinajstić information content (AvgIpc) is 2.72. The van der Waals surface area contributed by atoms with E-state index in [0.717, 1.165) is 0 Å². The van der Waals surface area contributed by atoms with Crippen LogP contribution in [-0.2, 0) is 19.1 Å². The van der Waals surface area contributed by atoms with Crippen LogP contribution in [0.1, 0.15) is 13.8 Å². The zero-order chi connectivity index (χ0) is 21.1. The molecule has 152 valence electrons. The fourth-order valence-electron chi connectivity index (χ4n) is 2.93. The maximum absolute atomic E-state index is 12.4. The number of carbonyl (C=O) groups excluding carboxylic acids is 2. The van der Waals surface area contributed by atoms with Gasteiger partial charge in [-0.1, -0.05) is 18.2 Å². The quantitative estimate of drug-likeness (QED) is 0.354. The molecule has 0 N–H and O–H groups in total. The van der Waals surface area contributed by atoms with E-state index < -0.39 is 29.8 Å². The van der Waals surface area contributed by atoms with Gasteiger partial charge < -0.3 is 23.4 Å². The molecule has 0 bridgehead atoms. The summed E-state index contributed by atoms with van der Waals surface area (Å²) >= 11 is 0. The van der Waals surface area contributed by atoms with E-state index in [1.54, 1.807) is 24.3 Å². The Morgan fingerprint density at radius 2 is 1.48 bits per heavy atom. The molecule has 0 saturated heterocycles. The van der Waals surface area contributed by atoms with Crippen LogP contribution in [0, 0.1) is 0 Å². The van der Waals surface area contributed by atoms with Crippen molar-refractivity contribution >= 4 is 33.7 Å². The lowest BCUT2D eigenvalue weighted by Crippen LogP contribution is -2.26. The van der Waals surface area contributed by atoms with Gasteiger partial charge in [-0.05, 0) is 19.9 Å². The van der Waals surface area contributed by atoms with Crippen molar-refractivity contribution < 1.29 is 33.0 Å². The van der Waals surface area contributed by atoms with Gasteiger partial charge in [0.05, 0.1) is 25.0 Å². The summed E-state index contributed by atoms with van der Waals surface area (Å²) in [5.41, 5.74) is -0.339. The van der Waals surface area contributed by atoms with Crippen LogP contribution >= 0.6 is 0 Å². The summed E-state index contributed by atoms with van der Waals surface area (Å²) in [5.74, 6) is -0.696. The Labute approximate surface area is 165 Å². The monoisotopic (exact) mass is 400 g/mol. The van der Waals surface area contributed by atoms with Gasteiger partial charge in [0.2, 0.25) is 0 Å². The Morgan fingerprint density at radius 3 is 2.10 bits per heavy atom. The molecule has 0 aliphatic rings. The molecule has 3 rings (SSSR count). The van der Waals surface area contributed by atoms with Gasteiger partial charge in [-0.2, -0.15) is 0 Å². The van der Waals surface area contributed by atoms with Crippen molar-refractivity contribution in [2.75, 3.05) is 14.2 Å². The van der Waals surface area contributed by atoms with E-state index in [1.807, 2.05) is 0 Å². The van der Waals surface area contributed by atoms with Gasteiger partial charge in [0.15, 0.2) is 12.2 Å². The van der Waals surface area contributed by atoms with Gasteiger partial charge in [0, 0.05) is 17.5 Å². The molecule has 3 aromatic rings. The van der Waals surface area contributed by atoms with Crippen molar-refractivity contribution in [3.05, 3.63) is 46.8 Å². The molecule has 0 radical (unpaired) electrons. The Bertz CT molecular complexity index is 1130. The highest BCUT2D eigenvalue weighted by molar-refractivity contribution is 6.08. The van der Waals surface area contributed by atoms with E-state index >= 15 is 0 Å². The summed E-state index contributed by atoms with van der Waals surface area (Å²) in [7, 11) is 2.51. The lowest BCUT2D eigenvalue weighted by molar-refractivity contribution is -0.148. The molecule has 0 aliphatic heterocycles. The average molecular weight is 400 g/mol. The second-order valence-corrected chi connectivity index (χ2v) is 6.30. The SMILES string of the molecule is COC(=O)C(C)Oc1cc(OC(C)C(=O)OC)c2c(c1)oc(=O)c1ccccc12. The second-order valence-electron chi connectivity index (χ2n) is 6.30. The van der Waals surface area contributed by atoms with Crippen LogP contribution in [-0.4, -0.2) is 38.4 Å². The molecule has 1 aromatic heterocycles.